The highest BCUT2D eigenvalue weighted by Crippen LogP contribution is 2.39. The van der Waals surface area contributed by atoms with Gasteiger partial charge in [-0.2, -0.15) is 8.78 Å². The third-order valence-corrected chi connectivity index (χ3v) is 11.0. The number of hydrogen-bond acceptors (Lipinski definition) is 6. The SMILES string of the molecule is CCO[SiH](CCCOCCCCCCOc1c(F)c(F)c(-c2c(F)c(F)c([SiH](OCC)OCC)c(F)c2F)c(F)c1F)OCC. The second-order valence-electron chi connectivity index (χ2n) is 9.60. The summed E-state index contributed by atoms with van der Waals surface area (Å²) in [6, 6.07) is 0.836. The maximum Gasteiger partial charge on any atom is 0.362 e. The monoisotopic (exact) mass is 692 g/mol. The molecule has 16 heteroatoms. The maximum atomic E-state index is 15.0. The van der Waals surface area contributed by atoms with Gasteiger partial charge in [-0.15, -0.1) is 0 Å². The first-order valence-electron chi connectivity index (χ1n) is 15.0. The minimum Gasteiger partial charge on any atom is -0.487 e. The summed E-state index contributed by atoms with van der Waals surface area (Å²) in [4.78, 5) is 0. The van der Waals surface area contributed by atoms with Crippen LogP contribution in [0.15, 0.2) is 0 Å². The van der Waals surface area contributed by atoms with Crippen LogP contribution >= 0.6 is 0 Å². The fraction of sp³-hybridized carbons (Fsp3) is 0.586. The smallest absolute Gasteiger partial charge is 0.362 e. The van der Waals surface area contributed by atoms with Crippen LogP contribution < -0.4 is 9.92 Å². The molecule has 0 fully saturated rings. The number of ether oxygens (including phenoxy) is 2. The summed E-state index contributed by atoms with van der Waals surface area (Å²) in [5.41, 5.74) is -3.92. The van der Waals surface area contributed by atoms with Crippen molar-refractivity contribution in [1.82, 2.24) is 0 Å². The molecule has 0 aromatic heterocycles. The van der Waals surface area contributed by atoms with E-state index in [9.17, 15) is 35.1 Å². The molecule has 256 valence electrons. The molecule has 0 radical (unpaired) electrons. The number of rotatable bonds is 22. The molecule has 0 N–H and O–H groups in total. The standard InChI is InChI=1S/C29H40F8O6Si2/c1-5-40-44(41-6-2)17-13-15-38-14-11-9-10-12-16-39-28-24(34)20(30)18(21(31)25(28)35)19-22(32)26(36)29(27(37)23(19)33)45(42-7-3)43-8-4/h44-45H,5-17H2,1-4H3. The first-order chi connectivity index (χ1) is 21.6. The summed E-state index contributed by atoms with van der Waals surface area (Å²) in [5, 5.41) is -1.21. The Morgan fingerprint density at radius 2 is 0.889 bits per heavy atom. The Labute approximate surface area is 261 Å². The second kappa shape index (κ2) is 20.2. The van der Waals surface area contributed by atoms with E-state index in [1.807, 2.05) is 13.8 Å². The van der Waals surface area contributed by atoms with Crippen LogP contribution in [0.1, 0.15) is 59.8 Å². The molecule has 0 aliphatic heterocycles. The van der Waals surface area contributed by atoms with Gasteiger partial charge < -0.3 is 27.2 Å². The number of halogens is 8. The first-order valence-corrected chi connectivity index (χ1v) is 18.2. The highest BCUT2D eigenvalue weighted by Gasteiger charge is 2.37. The molecule has 0 unspecified atom stereocenters. The van der Waals surface area contributed by atoms with Crippen LogP contribution in [0.3, 0.4) is 0 Å². The highest BCUT2D eigenvalue weighted by atomic mass is 28.3. The molecule has 0 saturated heterocycles. The van der Waals surface area contributed by atoms with Crippen molar-refractivity contribution in [2.24, 2.45) is 0 Å². The molecule has 0 heterocycles. The van der Waals surface area contributed by atoms with Crippen molar-refractivity contribution in [2.75, 3.05) is 46.2 Å². The molecule has 2 rings (SSSR count). The summed E-state index contributed by atoms with van der Waals surface area (Å²) in [7, 11) is -5.19. The molecule has 0 atom stereocenters. The van der Waals surface area contributed by atoms with Gasteiger partial charge in [-0.3, -0.25) is 0 Å². The Hall–Kier alpha value is -2.09. The number of unbranched alkanes of at least 4 members (excludes halogenated alkanes) is 3. The molecule has 0 bridgehead atoms. The van der Waals surface area contributed by atoms with Crippen molar-refractivity contribution in [1.29, 1.82) is 0 Å². The number of benzene rings is 2. The third-order valence-electron chi connectivity index (χ3n) is 6.51. The molecule has 0 aliphatic carbocycles. The fourth-order valence-electron chi connectivity index (χ4n) is 4.43. The quantitative estimate of drug-likeness (QED) is 0.0600. The zero-order chi connectivity index (χ0) is 33.5. The van der Waals surface area contributed by atoms with Crippen molar-refractivity contribution >= 4 is 23.8 Å². The lowest BCUT2D eigenvalue weighted by Gasteiger charge is -2.19. The van der Waals surface area contributed by atoms with Crippen molar-refractivity contribution in [3.63, 3.8) is 0 Å². The van der Waals surface area contributed by atoms with Gasteiger partial charge >= 0.3 is 18.6 Å². The summed E-state index contributed by atoms with van der Waals surface area (Å²) >= 11 is 0. The van der Waals surface area contributed by atoms with E-state index < -0.39 is 87.2 Å². The second-order valence-corrected chi connectivity index (χ2v) is 13.6. The fourth-order valence-corrected chi connectivity index (χ4v) is 7.80. The summed E-state index contributed by atoms with van der Waals surface area (Å²) in [5.74, 6) is -18.9. The topological polar surface area (TPSA) is 55.4 Å². The zero-order valence-corrected chi connectivity index (χ0v) is 28.1. The van der Waals surface area contributed by atoms with Gasteiger partial charge in [-0.25, -0.2) is 26.3 Å². The van der Waals surface area contributed by atoms with E-state index in [2.05, 4.69) is 0 Å². The van der Waals surface area contributed by atoms with E-state index in [0.29, 0.717) is 45.7 Å². The zero-order valence-electron chi connectivity index (χ0n) is 25.8. The average molecular weight is 693 g/mol. The van der Waals surface area contributed by atoms with Gasteiger partial charge in [0.25, 0.3) is 0 Å². The molecular weight excluding hydrogens is 652 g/mol. The lowest BCUT2D eigenvalue weighted by molar-refractivity contribution is 0.126. The van der Waals surface area contributed by atoms with E-state index in [4.69, 9.17) is 27.2 Å². The van der Waals surface area contributed by atoms with E-state index >= 15 is 0 Å². The molecule has 0 amide bonds. The molecule has 45 heavy (non-hydrogen) atoms. The molecule has 0 saturated carbocycles. The Balaban J connectivity index is 2.02. The van der Waals surface area contributed by atoms with Crippen LogP contribution in [0, 0.1) is 46.5 Å². The van der Waals surface area contributed by atoms with E-state index in [-0.39, 0.29) is 26.2 Å². The highest BCUT2D eigenvalue weighted by molar-refractivity contribution is 6.61. The molecular formula is C29H40F8O6Si2. The lowest BCUT2D eigenvalue weighted by Crippen LogP contribution is -2.43. The van der Waals surface area contributed by atoms with Gasteiger partial charge in [0.15, 0.2) is 40.7 Å². The van der Waals surface area contributed by atoms with E-state index in [1.165, 1.54) is 13.8 Å². The Kier molecular flexibility index (Phi) is 17.6. The molecule has 2 aromatic rings. The Bertz CT molecular complexity index is 1160. The maximum absolute atomic E-state index is 15.0. The lowest BCUT2D eigenvalue weighted by atomic mass is 10.0. The van der Waals surface area contributed by atoms with Gasteiger partial charge in [-0.05, 0) is 59.4 Å². The van der Waals surface area contributed by atoms with Crippen LogP contribution in [-0.2, 0) is 22.4 Å². The number of hydrogen-bond donors (Lipinski definition) is 0. The van der Waals surface area contributed by atoms with E-state index in [1.54, 1.807) is 0 Å². The van der Waals surface area contributed by atoms with Crippen LogP contribution in [0.25, 0.3) is 11.1 Å². The average Bonchev–Trinajstić information content (AvgIpc) is 3.01. The van der Waals surface area contributed by atoms with Crippen LogP contribution in [0.2, 0.25) is 6.04 Å². The summed E-state index contributed by atoms with van der Waals surface area (Å²) in [6.45, 7) is 8.41. The van der Waals surface area contributed by atoms with Gasteiger partial charge in [0.05, 0.1) is 22.9 Å². The van der Waals surface area contributed by atoms with Crippen molar-refractivity contribution in [2.45, 2.75) is 65.8 Å². The molecule has 6 nitrogen and oxygen atoms in total. The van der Waals surface area contributed by atoms with Gasteiger partial charge in [0.2, 0.25) is 11.6 Å². The van der Waals surface area contributed by atoms with Gasteiger partial charge in [-0.1, -0.05) is 6.42 Å². The third kappa shape index (κ3) is 10.5. The normalized spacial score (nSPS) is 11.8. The molecule has 0 aliphatic rings. The molecule has 0 spiro atoms. The summed E-state index contributed by atoms with van der Waals surface area (Å²) < 4.78 is 151. The minimum atomic E-state index is -3.53. The van der Waals surface area contributed by atoms with E-state index in [0.717, 1.165) is 12.5 Å². The van der Waals surface area contributed by atoms with Crippen LogP contribution in [0.4, 0.5) is 35.1 Å². The van der Waals surface area contributed by atoms with Gasteiger partial charge in [0, 0.05) is 39.6 Å². The Morgan fingerprint density at radius 1 is 0.467 bits per heavy atom. The van der Waals surface area contributed by atoms with Crippen LogP contribution in [-0.4, -0.2) is 64.8 Å². The van der Waals surface area contributed by atoms with Crippen molar-refractivity contribution < 1.29 is 62.3 Å². The van der Waals surface area contributed by atoms with Crippen molar-refractivity contribution in [3.05, 3.63) is 46.5 Å². The van der Waals surface area contributed by atoms with Crippen molar-refractivity contribution in [3.8, 4) is 16.9 Å². The molecule has 2 aromatic carbocycles. The predicted octanol–water partition coefficient (Wildman–Crippen LogP) is 6.61. The predicted molar refractivity (Wildman–Crippen MR) is 156 cm³/mol. The van der Waals surface area contributed by atoms with Gasteiger partial charge in [0.1, 0.15) is 0 Å². The largest absolute Gasteiger partial charge is 0.487 e. The summed E-state index contributed by atoms with van der Waals surface area (Å²) in [6.07, 6.45) is 2.97. The minimum absolute atomic E-state index is 0.122. The first kappa shape index (κ1) is 39.1. The Morgan fingerprint density at radius 3 is 1.36 bits per heavy atom. The van der Waals surface area contributed by atoms with Crippen LogP contribution in [0.5, 0.6) is 5.75 Å².